The SMILES string of the molecule is CCC1COCCN1C(=O)c1ccccc1CCN. The number of ether oxygens (including phenoxy) is 1. The van der Waals surface area contributed by atoms with Crippen LogP contribution in [0.25, 0.3) is 0 Å². The van der Waals surface area contributed by atoms with E-state index in [1.165, 1.54) is 0 Å². The fourth-order valence-corrected chi connectivity index (χ4v) is 2.52. The molecule has 1 aromatic carbocycles. The lowest BCUT2D eigenvalue weighted by Crippen LogP contribution is -2.48. The van der Waals surface area contributed by atoms with Gasteiger partial charge in [0.25, 0.3) is 5.91 Å². The molecule has 1 aliphatic rings. The molecule has 1 heterocycles. The predicted molar refractivity (Wildman–Crippen MR) is 75.1 cm³/mol. The molecule has 0 aliphatic carbocycles. The van der Waals surface area contributed by atoms with Gasteiger partial charge in [-0.25, -0.2) is 0 Å². The van der Waals surface area contributed by atoms with E-state index in [4.69, 9.17) is 10.5 Å². The Morgan fingerprint density at radius 2 is 2.26 bits per heavy atom. The number of amides is 1. The summed E-state index contributed by atoms with van der Waals surface area (Å²) in [6, 6.07) is 7.94. The van der Waals surface area contributed by atoms with Gasteiger partial charge in [-0.3, -0.25) is 4.79 Å². The summed E-state index contributed by atoms with van der Waals surface area (Å²) in [4.78, 5) is 14.6. The second kappa shape index (κ2) is 6.68. The number of nitrogens with zero attached hydrogens (tertiary/aromatic N) is 1. The Labute approximate surface area is 114 Å². The summed E-state index contributed by atoms with van der Waals surface area (Å²) < 4.78 is 5.45. The van der Waals surface area contributed by atoms with Crippen molar-refractivity contribution in [1.82, 2.24) is 4.90 Å². The molecule has 1 saturated heterocycles. The summed E-state index contributed by atoms with van der Waals surface area (Å²) in [5.74, 6) is 0.110. The zero-order chi connectivity index (χ0) is 13.7. The monoisotopic (exact) mass is 262 g/mol. The molecule has 0 spiro atoms. The van der Waals surface area contributed by atoms with Gasteiger partial charge in [-0.2, -0.15) is 0 Å². The van der Waals surface area contributed by atoms with Crippen LogP contribution in [0.4, 0.5) is 0 Å². The van der Waals surface area contributed by atoms with Crippen molar-refractivity contribution < 1.29 is 9.53 Å². The zero-order valence-corrected chi connectivity index (χ0v) is 11.5. The number of hydrogen-bond acceptors (Lipinski definition) is 3. The van der Waals surface area contributed by atoms with Crippen LogP contribution in [-0.4, -0.2) is 43.2 Å². The van der Waals surface area contributed by atoms with Gasteiger partial charge in [0, 0.05) is 12.1 Å². The number of hydrogen-bond donors (Lipinski definition) is 1. The summed E-state index contributed by atoms with van der Waals surface area (Å²) in [6.45, 7) is 4.59. The predicted octanol–water partition coefficient (Wildman–Crippen LogP) is 1.44. The molecule has 4 nitrogen and oxygen atoms in total. The van der Waals surface area contributed by atoms with Crippen LogP contribution in [-0.2, 0) is 11.2 Å². The second-order valence-electron chi connectivity index (χ2n) is 4.83. The highest BCUT2D eigenvalue weighted by Gasteiger charge is 2.27. The van der Waals surface area contributed by atoms with Crippen LogP contribution in [0.15, 0.2) is 24.3 Å². The third-order valence-electron chi connectivity index (χ3n) is 3.62. The Balaban J connectivity index is 2.22. The number of morpholine rings is 1. The van der Waals surface area contributed by atoms with E-state index in [9.17, 15) is 4.79 Å². The first kappa shape index (κ1) is 14.0. The molecule has 2 N–H and O–H groups in total. The first-order valence-electron chi connectivity index (χ1n) is 6.94. The normalized spacial score (nSPS) is 19.5. The summed E-state index contributed by atoms with van der Waals surface area (Å²) in [6.07, 6.45) is 1.66. The lowest BCUT2D eigenvalue weighted by molar-refractivity contribution is -0.00285. The maximum absolute atomic E-state index is 12.7. The van der Waals surface area contributed by atoms with E-state index < -0.39 is 0 Å². The van der Waals surface area contributed by atoms with E-state index in [1.807, 2.05) is 29.2 Å². The van der Waals surface area contributed by atoms with Crippen LogP contribution in [0.3, 0.4) is 0 Å². The molecule has 1 amide bonds. The van der Waals surface area contributed by atoms with Gasteiger partial charge >= 0.3 is 0 Å². The molecule has 0 saturated carbocycles. The van der Waals surface area contributed by atoms with Gasteiger partial charge in [-0.1, -0.05) is 25.1 Å². The molecule has 4 heteroatoms. The second-order valence-corrected chi connectivity index (χ2v) is 4.83. The van der Waals surface area contributed by atoms with Crippen molar-refractivity contribution in [3.05, 3.63) is 35.4 Å². The van der Waals surface area contributed by atoms with E-state index in [1.54, 1.807) is 0 Å². The van der Waals surface area contributed by atoms with Crippen molar-refractivity contribution in [2.75, 3.05) is 26.3 Å². The maximum atomic E-state index is 12.7. The first-order chi connectivity index (χ1) is 9.27. The van der Waals surface area contributed by atoms with E-state index in [-0.39, 0.29) is 11.9 Å². The molecule has 1 fully saturated rings. The van der Waals surface area contributed by atoms with Gasteiger partial charge in [-0.15, -0.1) is 0 Å². The number of carbonyl (C=O) groups excluding carboxylic acids is 1. The highest BCUT2D eigenvalue weighted by Crippen LogP contribution is 2.17. The molecular formula is C15H22N2O2. The fourth-order valence-electron chi connectivity index (χ4n) is 2.52. The molecule has 0 aromatic heterocycles. The Bertz CT molecular complexity index is 434. The summed E-state index contributed by atoms with van der Waals surface area (Å²) in [5.41, 5.74) is 7.44. The lowest BCUT2D eigenvalue weighted by Gasteiger charge is -2.35. The average molecular weight is 262 g/mol. The van der Waals surface area contributed by atoms with E-state index in [0.29, 0.717) is 26.3 Å². The van der Waals surface area contributed by atoms with Crippen LogP contribution in [0.2, 0.25) is 0 Å². The molecule has 104 valence electrons. The van der Waals surface area contributed by atoms with Crippen molar-refractivity contribution in [2.45, 2.75) is 25.8 Å². The number of carbonyl (C=O) groups is 1. The average Bonchev–Trinajstić information content (AvgIpc) is 2.47. The number of nitrogens with two attached hydrogens (primary N) is 1. The molecule has 19 heavy (non-hydrogen) atoms. The minimum atomic E-state index is 0.110. The van der Waals surface area contributed by atoms with E-state index in [0.717, 1.165) is 24.0 Å². The highest BCUT2D eigenvalue weighted by molar-refractivity contribution is 5.96. The zero-order valence-electron chi connectivity index (χ0n) is 11.5. The van der Waals surface area contributed by atoms with Crippen molar-refractivity contribution in [2.24, 2.45) is 5.73 Å². The van der Waals surface area contributed by atoms with Crippen LogP contribution >= 0.6 is 0 Å². The standard InChI is InChI=1S/C15H22N2O2/c1-2-13-11-19-10-9-17(13)15(18)14-6-4-3-5-12(14)7-8-16/h3-6,13H,2,7-11,16H2,1H3. The van der Waals surface area contributed by atoms with E-state index in [2.05, 4.69) is 6.92 Å². The Morgan fingerprint density at radius 1 is 1.47 bits per heavy atom. The smallest absolute Gasteiger partial charge is 0.254 e. The highest BCUT2D eigenvalue weighted by atomic mass is 16.5. The minimum Gasteiger partial charge on any atom is -0.377 e. The number of rotatable bonds is 4. The van der Waals surface area contributed by atoms with Gasteiger partial charge in [0.05, 0.1) is 19.3 Å². The molecule has 1 unspecified atom stereocenters. The first-order valence-corrected chi connectivity index (χ1v) is 6.94. The summed E-state index contributed by atoms with van der Waals surface area (Å²) in [7, 11) is 0. The Kier molecular flexibility index (Phi) is 4.93. The number of benzene rings is 1. The van der Waals surface area contributed by atoms with Crippen LogP contribution in [0.5, 0.6) is 0 Å². The third-order valence-corrected chi connectivity index (χ3v) is 3.62. The minimum absolute atomic E-state index is 0.110. The van der Waals surface area contributed by atoms with Crippen molar-refractivity contribution >= 4 is 5.91 Å². The topological polar surface area (TPSA) is 55.6 Å². The molecule has 0 bridgehead atoms. The van der Waals surface area contributed by atoms with Crippen molar-refractivity contribution in [3.63, 3.8) is 0 Å². The quantitative estimate of drug-likeness (QED) is 0.893. The third kappa shape index (κ3) is 3.14. The van der Waals surface area contributed by atoms with Gasteiger partial charge in [-0.05, 0) is 31.0 Å². The van der Waals surface area contributed by atoms with Crippen molar-refractivity contribution in [1.29, 1.82) is 0 Å². The van der Waals surface area contributed by atoms with Crippen LogP contribution in [0, 0.1) is 0 Å². The molecule has 1 aliphatic heterocycles. The van der Waals surface area contributed by atoms with E-state index >= 15 is 0 Å². The molecule has 1 atom stereocenters. The van der Waals surface area contributed by atoms with Gasteiger partial charge in [0.1, 0.15) is 0 Å². The van der Waals surface area contributed by atoms with Gasteiger partial charge < -0.3 is 15.4 Å². The van der Waals surface area contributed by atoms with Crippen molar-refractivity contribution in [3.8, 4) is 0 Å². The summed E-state index contributed by atoms with van der Waals surface area (Å²) >= 11 is 0. The fraction of sp³-hybridized carbons (Fsp3) is 0.533. The van der Waals surface area contributed by atoms with Crippen LogP contribution < -0.4 is 5.73 Å². The van der Waals surface area contributed by atoms with Gasteiger partial charge in [0.2, 0.25) is 0 Å². The molecule has 1 aromatic rings. The molecular weight excluding hydrogens is 240 g/mol. The largest absolute Gasteiger partial charge is 0.377 e. The van der Waals surface area contributed by atoms with Crippen LogP contribution in [0.1, 0.15) is 29.3 Å². The lowest BCUT2D eigenvalue weighted by atomic mass is 10.0. The summed E-state index contributed by atoms with van der Waals surface area (Å²) in [5, 5.41) is 0. The maximum Gasteiger partial charge on any atom is 0.254 e. The molecule has 0 radical (unpaired) electrons. The van der Waals surface area contributed by atoms with Gasteiger partial charge in [0.15, 0.2) is 0 Å². The molecule has 2 rings (SSSR count). The Hall–Kier alpha value is -1.39. The Morgan fingerprint density at radius 3 is 3.00 bits per heavy atom.